The fraction of sp³-hybridized carbons (Fsp3) is 0.529. The minimum Gasteiger partial charge on any atom is -0.374 e. The summed E-state index contributed by atoms with van der Waals surface area (Å²) in [4.78, 5) is 14.9. The van der Waals surface area contributed by atoms with Crippen molar-refractivity contribution in [1.29, 1.82) is 0 Å². The van der Waals surface area contributed by atoms with Crippen molar-refractivity contribution in [2.24, 2.45) is 13.0 Å². The number of aryl methyl sites for hydroxylation is 1. The van der Waals surface area contributed by atoms with Crippen LogP contribution in [0.4, 0.5) is 0 Å². The lowest BCUT2D eigenvalue weighted by Crippen LogP contribution is -2.53. The zero-order chi connectivity index (χ0) is 15.8. The topological polar surface area (TPSA) is 52.3 Å². The molecule has 122 valence electrons. The van der Waals surface area contributed by atoms with Crippen molar-refractivity contribution in [1.82, 2.24) is 19.2 Å². The maximum Gasteiger partial charge on any atom is 0.270 e. The van der Waals surface area contributed by atoms with Gasteiger partial charge in [0.1, 0.15) is 5.69 Å². The molecular weight excluding hydrogens is 292 g/mol. The van der Waals surface area contributed by atoms with Crippen molar-refractivity contribution in [2.75, 3.05) is 13.2 Å². The monoisotopic (exact) mass is 314 g/mol. The van der Waals surface area contributed by atoms with Gasteiger partial charge in [0.05, 0.1) is 18.8 Å². The first kappa shape index (κ1) is 14.5. The Hall–Kier alpha value is -2.08. The van der Waals surface area contributed by atoms with Crippen LogP contribution in [-0.2, 0) is 18.3 Å². The standard InChI is InChI=1S/C17H22N4O2/c1-19-8-2-4-15(19)17(22)21-10-11-23-16-13(5-6-14(16)21)12-20-9-3-7-18-20/h2-4,7-9,13-14,16H,5-6,10-12H2,1H3/t13?,14-,16-/m1/s1. The zero-order valence-corrected chi connectivity index (χ0v) is 13.3. The molecule has 1 amide bonds. The number of hydrogen-bond donors (Lipinski definition) is 0. The SMILES string of the molecule is Cn1cccc1C(=O)N1CCO[C@@H]2C(Cn3cccn3)CC[C@H]21. The highest BCUT2D eigenvalue weighted by Crippen LogP contribution is 2.36. The first-order valence-electron chi connectivity index (χ1n) is 8.25. The van der Waals surface area contributed by atoms with Crippen LogP contribution < -0.4 is 0 Å². The Labute approximate surface area is 135 Å². The molecule has 1 saturated carbocycles. The Morgan fingerprint density at radius 1 is 1.35 bits per heavy atom. The summed E-state index contributed by atoms with van der Waals surface area (Å²) in [5.41, 5.74) is 0.751. The Morgan fingerprint density at radius 3 is 3.00 bits per heavy atom. The van der Waals surface area contributed by atoms with Crippen LogP contribution in [0.1, 0.15) is 23.3 Å². The van der Waals surface area contributed by atoms with Crippen molar-refractivity contribution in [2.45, 2.75) is 31.5 Å². The van der Waals surface area contributed by atoms with Crippen LogP contribution in [0, 0.1) is 5.92 Å². The molecule has 1 unspecified atom stereocenters. The summed E-state index contributed by atoms with van der Waals surface area (Å²) in [6.45, 7) is 2.16. The highest BCUT2D eigenvalue weighted by Gasteiger charge is 2.44. The maximum atomic E-state index is 12.9. The van der Waals surface area contributed by atoms with Crippen molar-refractivity contribution in [3.05, 3.63) is 42.5 Å². The lowest BCUT2D eigenvalue weighted by molar-refractivity contribution is -0.0651. The molecule has 2 fully saturated rings. The molecule has 1 aliphatic carbocycles. The van der Waals surface area contributed by atoms with Crippen molar-refractivity contribution in [3.63, 3.8) is 0 Å². The Balaban J connectivity index is 1.51. The Bertz CT molecular complexity index is 679. The van der Waals surface area contributed by atoms with Gasteiger partial charge in [-0.2, -0.15) is 5.10 Å². The second kappa shape index (κ2) is 5.85. The number of morpholine rings is 1. The van der Waals surface area contributed by atoms with Gasteiger partial charge in [-0.15, -0.1) is 0 Å². The van der Waals surface area contributed by atoms with Crippen LogP contribution in [0.25, 0.3) is 0 Å². The number of fused-ring (bicyclic) bond motifs is 1. The first-order valence-corrected chi connectivity index (χ1v) is 8.25. The van der Waals surface area contributed by atoms with E-state index in [1.54, 1.807) is 6.20 Å². The number of nitrogens with zero attached hydrogens (tertiary/aromatic N) is 4. The fourth-order valence-corrected chi connectivity index (χ4v) is 3.99. The van der Waals surface area contributed by atoms with Crippen molar-refractivity contribution in [3.8, 4) is 0 Å². The number of rotatable bonds is 3. The van der Waals surface area contributed by atoms with Gasteiger partial charge in [-0.1, -0.05) is 0 Å². The normalized spacial score (nSPS) is 27.2. The predicted molar refractivity (Wildman–Crippen MR) is 84.9 cm³/mol. The quantitative estimate of drug-likeness (QED) is 0.863. The molecule has 2 aromatic heterocycles. The predicted octanol–water partition coefficient (Wildman–Crippen LogP) is 1.54. The molecule has 0 aromatic carbocycles. The highest BCUT2D eigenvalue weighted by atomic mass is 16.5. The molecule has 3 heterocycles. The molecule has 0 N–H and O–H groups in total. The molecule has 0 spiro atoms. The van der Waals surface area contributed by atoms with E-state index in [0.29, 0.717) is 19.1 Å². The Morgan fingerprint density at radius 2 is 2.26 bits per heavy atom. The van der Waals surface area contributed by atoms with E-state index >= 15 is 0 Å². The summed E-state index contributed by atoms with van der Waals surface area (Å²) in [5.74, 6) is 0.541. The van der Waals surface area contributed by atoms with Crippen LogP contribution >= 0.6 is 0 Å². The first-order chi connectivity index (χ1) is 11.2. The lowest BCUT2D eigenvalue weighted by atomic mass is 10.0. The van der Waals surface area contributed by atoms with Crippen LogP contribution in [-0.4, -0.2) is 50.5 Å². The summed E-state index contributed by atoms with van der Waals surface area (Å²) in [6.07, 6.45) is 7.92. The zero-order valence-electron chi connectivity index (χ0n) is 13.3. The lowest BCUT2D eigenvalue weighted by Gasteiger charge is -2.39. The van der Waals surface area contributed by atoms with Crippen LogP contribution in [0.15, 0.2) is 36.8 Å². The van der Waals surface area contributed by atoms with E-state index in [2.05, 4.69) is 5.10 Å². The molecule has 6 nitrogen and oxygen atoms in total. The van der Waals surface area contributed by atoms with E-state index in [1.165, 1.54) is 0 Å². The van der Waals surface area contributed by atoms with Gasteiger partial charge in [0.2, 0.25) is 0 Å². The number of carbonyl (C=O) groups excluding carboxylic acids is 1. The third-order valence-electron chi connectivity index (χ3n) is 5.12. The number of hydrogen-bond acceptors (Lipinski definition) is 3. The third kappa shape index (κ3) is 2.57. The number of ether oxygens (including phenoxy) is 1. The van der Waals surface area contributed by atoms with E-state index < -0.39 is 0 Å². The summed E-state index contributed by atoms with van der Waals surface area (Å²) in [7, 11) is 1.92. The van der Waals surface area contributed by atoms with Gasteiger partial charge in [-0.3, -0.25) is 9.48 Å². The molecule has 0 bridgehead atoms. The second-order valence-electron chi connectivity index (χ2n) is 6.47. The van der Waals surface area contributed by atoms with Gasteiger partial charge >= 0.3 is 0 Å². The maximum absolute atomic E-state index is 12.9. The van der Waals surface area contributed by atoms with Gasteiger partial charge in [-0.05, 0) is 31.0 Å². The molecule has 1 saturated heterocycles. The second-order valence-corrected chi connectivity index (χ2v) is 6.47. The van der Waals surface area contributed by atoms with E-state index in [-0.39, 0.29) is 18.1 Å². The third-order valence-corrected chi connectivity index (χ3v) is 5.12. The average Bonchev–Trinajstić information content (AvgIpc) is 3.29. The van der Waals surface area contributed by atoms with Crippen LogP contribution in [0.5, 0.6) is 0 Å². The van der Waals surface area contributed by atoms with Gasteiger partial charge in [0, 0.05) is 44.6 Å². The largest absolute Gasteiger partial charge is 0.374 e. The van der Waals surface area contributed by atoms with E-state index in [4.69, 9.17) is 4.74 Å². The van der Waals surface area contributed by atoms with E-state index in [1.807, 2.05) is 51.8 Å². The summed E-state index contributed by atoms with van der Waals surface area (Å²) in [6, 6.07) is 5.94. The molecular formula is C17H22N4O2. The summed E-state index contributed by atoms with van der Waals surface area (Å²) in [5, 5.41) is 4.30. The number of amides is 1. The molecule has 4 rings (SSSR count). The van der Waals surface area contributed by atoms with Crippen LogP contribution in [0.2, 0.25) is 0 Å². The number of aromatic nitrogens is 3. The molecule has 23 heavy (non-hydrogen) atoms. The van der Waals surface area contributed by atoms with E-state index in [9.17, 15) is 4.79 Å². The minimum absolute atomic E-state index is 0.121. The highest BCUT2D eigenvalue weighted by molar-refractivity contribution is 5.93. The summed E-state index contributed by atoms with van der Waals surface area (Å²) < 4.78 is 9.91. The fourth-order valence-electron chi connectivity index (χ4n) is 3.99. The molecule has 1 aliphatic heterocycles. The van der Waals surface area contributed by atoms with Crippen LogP contribution in [0.3, 0.4) is 0 Å². The average molecular weight is 314 g/mol. The molecule has 0 radical (unpaired) electrons. The van der Waals surface area contributed by atoms with Gasteiger partial charge in [0.15, 0.2) is 0 Å². The van der Waals surface area contributed by atoms with Gasteiger partial charge in [-0.25, -0.2) is 0 Å². The Kier molecular flexibility index (Phi) is 3.69. The van der Waals surface area contributed by atoms with Crippen molar-refractivity contribution < 1.29 is 9.53 Å². The molecule has 6 heteroatoms. The van der Waals surface area contributed by atoms with Gasteiger partial charge < -0.3 is 14.2 Å². The summed E-state index contributed by atoms with van der Waals surface area (Å²) >= 11 is 0. The minimum atomic E-state index is 0.121. The van der Waals surface area contributed by atoms with Gasteiger partial charge in [0.25, 0.3) is 5.91 Å². The molecule has 3 atom stereocenters. The number of carbonyl (C=O) groups is 1. The molecule has 2 aromatic rings. The molecule has 2 aliphatic rings. The smallest absolute Gasteiger partial charge is 0.270 e. The van der Waals surface area contributed by atoms with E-state index in [0.717, 1.165) is 25.1 Å². The van der Waals surface area contributed by atoms with Crippen molar-refractivity contribution >= 4 is 5.91 Å².